The highest BCUT2D eigenvalue weighted by atomic mass is 28.4. The molecule has 0 aliphatic carbocycles. The van der Waals surface area contributed by atoms with Crippen molar-refractivity contribution in [3.8, 4) is 0 Å². The van der Waals surface area contributed by atoms with Gasteiger partial charge < -0.3 is 8.85 Å². The SMILES string of the molecule is CCC(c1ccccc1)[Si]([O])(OC)OC. The molecule has 1 aromatic carbocycles. The van der Waals surface area contributed by atoms with Gasteiger partial charge in [-0.25, -0.2) is 4.80 Å². The minimum Gasteiger partial charge on any atom is -0.375 e. The van der Waals surface area contributed by atoms with E-state index >= 15 is 0 Å². The van der Waals surface area contributed by atoms with Crippen molar-refractivity contribution in [3.05, 3.63) is 35.9 Å². The van der Waals surface area contributed by atoms with Gasteiger partial charge in [-0.1, -0.05) is 37.3 Å². The topological polar surface area (TPSA) is 38.4 Å². The zero-order valence-corrected chi connectivity index (χ0v) is 10.4. The first kappa shape index (κ1) is 12.4. The van der Waals surface area contributed by atoms with Crippen molar-refractivity contribution in [3.63, 3.8) is 0 Å². The Bertz CT molecular complexity index is 285. The summed E-state index contributed by atoms with van der Waals surface area (Å²) in [5.41, 5.74) is 0.846. The van der Waals surface area contributed by atoms with Crippen molar-refractivity contribution in [2.75, 3.05) is 14.2 Å². The van der Waals surface area contributed by atoms with Crippen LogP contribution in [0.1, 0.15) is 24.4 Å². The minimum absolute atomic E-state index is 0.159. The molecule has 0 aliphatic rings. The molecule has 83 valence electrons. The van der Waals surface area contributed by atoms with Crippen LogP contribution in [0.25, 0.3) is 0 Å². The fourth-order valence-corrected chi connectivity index (χ4v) is 3.58. The maximum Gasteiger partial charge on any atom is 0.536 e. The summed E-state index contributed by atoms with van der Waals surface area (Å²) in [6.45, 7) is 1.98. The monoisotopic (exact) mass is 225 g/mol. The molecule has 3 nitrogen and oxygen atoms in total. The van der Waals surface area contributed by atoms with Crippen molar-refractivity contribution in [2.45, 2.75) is 18.9 Å². The number of benzene rings is 1. The zero-order chi connectivity index (χ0) is 11.3. The van der Waals surface area contributed by atoms with Crippen molar-refractivity contribution in [1.82, 2.24) is 0 Å². The van der Waals surface area contributed by atoms with E-state index in [0.29, 0.717) is 0 Å². The molecule has 0 aromatic heterocycles. The Balaban J connectivity index is 2.98. The van der Waals surface area contributed by atoms with E-state index in [0.717, 1.165) is 12.0 Å². The fraction of sp³-hybridized carbons (Fsp3) is 0.455. The molecule has 0 saturated heterocycles. The van der Waals surface area contributed by atoms with E-state index in [1.165, 1.54) is 14.2 Å². The quantitative estimate of drug-likeness (QED) is 0.722. The number of rotatable bonds is 5. The van der Waals surface area contributed by atoms with Crippen molar-refractivity contribution >= 4 is 8.80 Å². The van der Waals surface area contributed by atoms with Gasteiger partial charge in [-0.05, 0) is 12.0 Å². The molecule has 0 fully saturated rings. The van der Waals surface area contributed by atoms with E-state index < -0.39 is 8.80 Å². The Morgan fingerprint density at radius 2 is 1.73 bits per heavy atom. The van der Waals surface area contributed by atoms with Crippen LogP contribution in [0.3, 0.4) is 0 Å². The summed E-state index contributed by atoms with van der Waals surface area (Å²) in [6, 6.07) is 9.69. The van der Waals surface area contributed by atoms with Gasteiger partial charge in [-0.15, -0.1) is 0 Å². The molecule has 1 aromatic rings. The second-order valence-electron chi connectivity index (χ2n) is 3.38. The van der Waals surface area contributed by atoms with Gasteiger partial charge in [0.15, 0.2) is 0 Å². The van der Waals surface area contributed by atoms with Crippen LogP contribution in [0.4, 0.5) is 0 Å². The van der Waals surface area contributed by atoms with Gasteiger partial charge >= 0.3 is 8.80 Å². The first-order chi connectivity index (χ1) is 7.18. The molecule has 1 atom stereocenters. The number of hydrogen-bond acceptors (Lipinski definition) is 2. The lowest BCUT2D eigenvalue weighted by molar-refractivity contribution is 0.106. The summed E-state index contributed by atoms with van der Waals surface area (Å²) in [5.74, 6) is 0. The van der Waals surface area contributed by atoms with Crippen molar-refractivity contribution in [2.24, 2.45) is 0 Å². The Kier molecular flexibility index (Phi) is 4.47. The second-order valence-corrected chi connectivity index (χ2v) is 6.10. The lowest BCUT2D eigenvalue weighted by Gasteiger charge is -2.26. The summed E-state index contributed by atoms with van der Waals surface area (Å²) in [7, 11) is -0.440. The van der Waals surface area contributed by atoms with Gasteiger partial charge in [0, 0.05) is 14.2 Å². The largest absolute Gasteiger partial charge is 0.536 e. The fourth-order valence-electron chi connectivity index (χ4n) is 1.74. The second kappa shape index (κ2) is 5.41. The van der Waals surface area contributed by atoms with Crippen LogP contribution in [-0.4, -0.2) is 23.0 Å². The highest BCUT2D eigenvalue weighted by molar-refractivity contribution is 6.60. The number of hydrogen-bond donors (Lipinski definition) is 0. The summed E-state index contributed by atoms with van der Waals surface area (Å²) < 4.78 is 10.1. The molecular weight excluding hydrogens is 208 g/mol. The first-order valence-electron chi connectivity index (χ1n) is 5.03. The van der Waals surface area contributed by atoms with Crippen LogP contribution in [0.5, 0.6) is 0 Å². The van der Waals surface area contributed by atoms with Crippen molar-refractivity contribution < 1.29 is 13.6 Å². The van der Waals surface area contributed by atoms with E-state index in [1.54, 1.807) is 0 Å². The van der Waals surface area contributed by atoms with Crippen molar-refractivity contribution in [1.29, 1.82) is 0 Å². The van der Waals surface area contributed by atoms with Gasteiger partial charge in [-0.3, -0.25) is 0 Å². The molecule has 0 heterocycles. The zero-order valence-electron chi connectivity index (χ0n) is 9.40. The standard InChI is InChI=1S/C11H17O3Si/c1-4-11(15(12,13-2)14-3)10-8-6-5-7-9-10/h5-9,11H,4H2,1-3H3. The summed E-state index contributed by atoms with van der Waals surface area (Å²) >= 11 is 0. The van der Waals surface area contributed by atoms with Gasteiger partial charge in [0.2, 0.25) is 0 Å². The predicted octanol–water partition coefficient (Wildman–Crippen LogP) is 2.38. The van der Waals surface area contributed by atoms with Crippen LogP contribution in [0.2, 0.25) is 0 Å². The van der Waals surface area contributed by atoms with Gasteiger partial charge in [0.1, 0.15) is 0 Å². The highest BCUT2D eigenvalue weighted by Gasteiger charge is 2.46. The van der Waals surface area contributed by atoms with Crippen LogP contribution < -0.4 is 0 Å². The molecule has 0 N–H and O–H groups in total. The van der Waals surface area contributed by atoms with Gasteiger partial charge in [0.05, 0.1) is 5.54 Å². The predicted molar refractivity (Wildman–Crippen MR) is 59.9 cm³/mol. The van der Waals surface area contributed by atoms with Crippen LogP contribution >= 0.6 is 0 Å². The summed E-state index contributed by atoms with van der Waals surface area (Å²) in [4.78, 5) is 12.3. The molecular formula is C11H17O3Si. The van der Waals surface area contributed by atoms with E-state index in [4.69, 9.17) is 8.85 Å². The molecule has 0 saturated carbocycles. The first-order valence-corrected chi connectivity index (χ1v) is 6.83. The molecule has 0 aliphatic heterocycles. The van der Waals surface area contributed by atoms with E-state index in [2.05, 4.69) is 0 Å². The molecule has 0 spiro atoms. The Labute approximate surface area is 92.0 Å². The third-order valence-corrected chi connectivity index (χ3v) is 5.34. The van der Waals surface area contributed by atoms with Gasteiger partial charge in [0.25, 0.3) is 0 Å². The van der Waals surface area contributed by atoms with E-state index in [1.807, 2.05) is 37.3 Å². The molecule has 1 rings (SSSR count). The Morgan fingerprint density at radius 1 is 1.20 bits per heavy atom. The molecule has 0 amide bonds. The lowest BCUT2D eigenvalue weighted by Crippen LogP contribution is -2.45. The Morgan fingerprint density at radius 3 is 2.13 bits per heavy atom. The van der Waals surface area contributed by atoms with E-state index in [9.17, 15) is 4.80 Å². The average Bonchev–Trinajstić information content (AvgIpc) is 2.31. The molecule has 0 bridgehead atoms. The van der Waals surface area contributed by atoms with Gasteiger partial charge in [-0.2, -0.15) is 0 Å². The maximum absolute atomic E-state index is 12.3. The molecule has 4 heteroatoms. The highest BCUT2D eigenvalue weighted by Crippen LogP contribution is 2.29. The third-order valence-electron chi connectivity index (χ3n) is 2.61. The molecule has 1 radical (unpaired) electrons. The normalized spacial score (nSPS) is 13.9. The summed E-state index contributed by atoms with van der Waals surface area (Å²) in [6.07, 6.45) is 0.738. The summed E-state index contributed by atoms with van der Waals surface area (Å²) in [5, 5.41) is 0. The molecule has 1 unspecified atom stereocenters. The van der Waals surface area contributed by atoms with Crippen LogP contribution in [-0.2, 0) is 13.6 Å². The smallest absolute Gasteiger partial charge is 0.375 e. The Hall–Kier alpha value is -0.683. The lowest BCUT2D eigenvalue weighted by atomic mass is 10.1. The average molecular weight is 225 g/mol. The maximum atomic E-state index is 12.3. The van der Waals surface area contributed by atoms with E-state index in [-0.39, 0.29) is 5.54 Å². The minimum atomic E-state index is -3.32. The van der Waals surface area contributed by atoms with Crippen LogP contribution in [0, 0.1) is 0 Å². The van der Waals surface area contributed by atoms with Crippen LogP contribution in [0.15, 0.2) is 30.3 Å². The third kappa shape index (κ3) is 2.66. The molecule has 15 heavy (non-hydrogen) atoms.